The van der Waals surface area contributed by atoms with Crippen LogP contribution in [0.25, 0.3) is 0 Å². The van der Waals surface area contributed by atoms with E-state index >= 15 is 0 Å². The summed E-state index contributed by atoms with van der Waals surface area (Å²) in [6, 6.07) is 1.36. The van der Waals surface area contributed by atoms with Crippen LogP contribution in [0.3, 0.4) is 0 Å². The second-order valence-corrected chi connectivity index (χ2v) is 5.22. The highest BCUT2D eigenvalue weighted by Crippen LogP contribution is 2.09. The Kier molecular flexibility index (Phi) is 3.66. The summed E-state index contributed by atoms with van der Waals surface area (Å²) in [5.74, 6) is -1.73. The predicted molar refractivity (Wildman–Crippen MR) is 56.7 cm³/mol. The molecule has 0 bridgehead atoms. The molecule has 9 heteroatoms. The molecule has 0 aliphatic carbocycles. The van der Waals surface area contributed by atoms with Gasteiger partial charge in [-0.05, 0) is 13.0 Å². The second-order valence-electron chi connectivity index (χ2n) is 2.83. The minimum absolute atomic E-state index is 0.0516. The Bertz CT molecular complexity index is 504. The first-order valence-corrected chi connectivity index (χ1v) is 5.98. The topological polar surface area (TPSA) is 109 Å². The van der Waals surface area contributed by atoms with Gasteiger partial charge in [-0.2, -0.15) is 0 Å². The van der Waals surface area contributed by atoms with Crippen LogP contribution in [0.5, 0.6) is 0 Å². The summed E-state index contributed by atoms with van der Waals surface area (Å²) in [4.78, 5) is 17.7. The minimum atomic E-state index is -4.06. The van der Waals surface area contributed by atoms with Crippen LogP contribution in [-0.2, 0) is 14.8 Å². The normalized spacial score (nSPS) is 13.1. The van der Waals surface area contributed by atoms with Gasteiger partial charge < -0.3 is 5.11 Å². The number of sulfonamides is 1. The zero-order valence-corrected chi connectivity index (χ0v) is 9.66. The lowest BCUT2D eigenvalue weighted by atomic mass is 10.5. The van der Waals surface area contributed by atoms with E-state index in [-0.39, 0.29) is 11.1 Å². The van der Waals surface area contributed by atoms with Gasteiger partial charge >= 0.3 is 5.97 Å². The van der Waals surface area contributed by atoms with E-state index in [4.69, 9.17) is 16.7 Å². The number of aromatic nitrogens is 2. The quantitative estimate of drug-likeness (QED) is 0.760. The van der Waals surface area contributed by atoms with E-state index in [1.54, 1.807) is 0 Å². The Balaban J connectivity index is 2.93. The molecule has 0 radical (unpaired) electrons. The Hall–Kier alpha value is -1.41. The molecular formula is C7H8ClN3O4S. The van der Waals surface area contributed by atoms with Gasteiger partial charge in [0.2, 0.25) is 16.0 Å². The molecule has 1 aromatic heterocycles. The van der Waals surface area contributed by atoms with E-state index in [1.165, 1.54) is 12.3 Å². The van der Waals surface area contributed by atoms with Crippen LogP contribution >= 0.6 is 11.6 Å². The SMILES string of the molecule is CC(C(=O)O)S(=O)(=O)Nc1nccc(Cl)n1. The molecule has 0 fully saturated rings. The molecular weight excluding hydrogens is 258 g/mol. The van der Waals surface area contributed by atoms with Crippen molar-refractivity contribution in [1.82, 2.24) is 9.97 Å². The maximum atomic E-state index is 11.4. The molecule has 1 heterocycles. The lowest BCUT2D eigenvalue weighted by Crippen LogP contribution is -2.32. The standard InChI is InChI=1S/C7H8ClN3O4S/c1-4(6(12)13)16(14,15)11-7-9-3-2-5(8)10-7/h2-4H,1H3,(H,12,13)(H,9,10,11). The van der Waals surface area contributed by atoms with Crippen LogP contribution in [0.15, 0.2) is 12.3 Å². The first kappa shape index (κ1) is 12.7. The molecule has 0 aromatic carbocycles. The summed E-state index contributed by atoms with van der Waals surface area (Å²) in [5, 5.41) is 7.01. The lowest BCUT2D eigenvalue weighted by Gasteiger charge is -2.09. The van der Waals surface area contributed by atoms with Crippen molar-refractivity contribution in [2.24, 2.45) is 0 Å². The van der Waals surface area contributed by atoms with Crippen molar-refractivity contribution in [1.29, 1.82) is 0 Å². The molecule has 0 aliphatic heterocycles. The third-order valence-electron chi connectivity index (χ3n) is 1.67. The van der Waals surface area contributed by atoms with E-state index in [2.05, 4.69) is 9.97 Å². The van der Waals surface area contributed by atoms with Gasteiger partial charge in [-0.15, -0.1) is 0 Å². The van der Waals surface area contributed by atoms with Crippen molar-refractivity contribution in [2.75, 3.05) is 4.72 Å². The summed E-state index contributed by atoms with van der Waals surface area (Å²) in [5.41, 5.74) is 0. The van der Waals surface area contributed by atoms with Crippen molar-refractivity contribution < 1.29 is 18.3 Å². The number of carboxylic acid groups (broad SMARTS) is 1. The van der Waals surface area contributed by atoms with Crippen molar-refractivity contribution >= 4 is 33.5 Å². The largest absolute Gasteiger partial charge is 0.480 e. The van der Waals surface area contributed by atoms with Crippen LogP contribution < -0.4 is 4.72 Å². The number of carbonyl (C=O) groups is 1. The van der Waals surface area contributed by atoms with Gasteiger partial charge in [-0.1, -0.05) is 11.6 Å². The Morgan fingerprint density at radius 3 is 2.75 bits per heavy atom. The minimum Gasteiger partial charge on any atom is -0.480 e. The van der Waals surface area contributed by atoms with E-state index in [1.807, 2.05) is 4.72 Å². The smallest absolute Gasteiger partial charge is 0.323 e. The molecule has 88 valence electrons. The monoisotopic (exact) mass is 265 g/mol. The number of nitrogens with one attached hydrogen (secondary N) is 1. The fraction of sp³-hybridized carbons (Fsp3) is 0.286. The molecule has 1 unspecified atom stereocenters. The molecule has 0 aliphatic rings. The van der Waals surface area contributed by atoms with E-state index in [0.29, 0.717) is 0 Å². The molecule has 7 nitrogen and oxygen atoms in total. The number of hydrogen-bond donors (Lipinski definition) is 2. The molecule has 1 atom stereocenters. The average Bonchev–Trinajstić information content (AvgIpc) is 2.15. The molecule has 1 aromatic rings. The molecule has 16 heavy (non-hydrogen) atoms. The van der Waals surface area contributed by atoms with Gasteiger partial charge in [0.1, 0.15) is 5.15 Å². The van der Waals surface area contributed by atoms with E-state index in [0.717, 1.165) is 6.92 Å². The number of hydrogen-bond acceptors (Lipinski definition) is 5. The fourth-order valence-electron chi connectivity index (χ4n) is 0.734. The summed E-state index contributed by atoms with van der Waals surface area (Å²) in [6.45, 7) is 1.04. The number of aliphatic carboxylic acids is 1. The fourth-order valence-corrected chi connectivity index (χ4v) is 1.67. The molecule has 2 N–H and O–H groups in total. The lowest BCUT2D eigenvalue weighted by molar-refractivity contribution is -0.136. The number of halogens is 1. The van der Waals surface area contributed by atoms with Crippen molar-refractivity contribution in [3.05, 3.63) is 17.4 Å². The van der Waals surface area contributed by atoms with Crippen LogP contribution in [0.4, 0.5) is 5.95 Å². The highest BCUT2D eigenvalue weighted by molar-refractivity contribution is 7.94. The van der Waals surface area contributed by atoms with Gasteiger partial charge in [0.15, 0.2) is 5.25 Å². The maximum Gasteiger partial charge on any atom is 0.323 e. The summed E-state index contributed by atoms with van der Waals surface area (Å²) < 4.78 is 24.8. The highest BCUT2D eigenvalue weighted by atomic mass is 35.5. The van der Waals surface area contributed by atoms with Crippen molar-refractivity contribution in [3.63, 3.8) is 0 Å². The first-order chi connectivity index (χ1) is 7.33. The third kappa shape index (κ3) is 3.04. The third-order valence-corrected chi connectivity index (χ3v) is 3.48. The van der Waals surface area contributed by atoms with Crippen LogP contribution in [-0.4, -0.2) is 34.7 Å². The van der Waals surface area contributed by atoms with Crippen LogP contribution in [0.1, 0.15) is 6.92 Å². The highest BCUT2D eigenvalue weighted by Gasteiger charge is 2.28. The Morgan fingerprint density at radius 2 is 2.25 bits per heavy atom. The van der Waals surface area contributed by atoms with Gasteiger partial charge in [0.05, 0.1) is 0 Å². The first-order valence-electron chi connectivity index (χ1n) is 4.06. The van der Waals surface area contributed by atoms with Gasteiger partial charge in [0, 0.05) is 6.20 Å². The van der Waals surface area contributed by atoms with E-state index < -0.39 is 21.2 Å². The van der Waals surface area contributed by atoms with Gasteiger partial charge in [-0.3, -0.25) is 9.52 Å². The van der Waals surface area contributed by atoms with Gasteiger partial charge in [0.25, 0.3) is 0 Å². The summed E-state index contributed by atoms with van der Waals surface area (Å²) >= 11 is 5.51. The molecule has 0 saturated heterocycles. The molecule has 0 saturated carbocycles. The van der Waals surface area contributed by atoms with Crippen molar-refractivity contribution in [2.45, 2.75) is 12.2 Å². The molecule has 0 amide bonds. The number of carboxylic acids is 1. The maximum absolute atomic E-state index is 11.4. The zero-order chi connectivity index (χ0) is 12.3. The number of nitrogens with zero attached hydrogens (tertiary/aromatic N) is 2. The Labute approximate surface area is 96.5 Å². The molecule has 0 spiro atoms. The van der Waals surface area contributed by atoms with Crippen LogP contribution in [0, 0.1) is 0 Å². The van der Waals surface area contributed by atoms with Gasteiger partial charge in [-0.25, -0.2) is 18.4 Å². The summed E-state index contributed by atoms with van der Waals surface area (Å²) in [6.07, 6.45) is 1.25. The molecule has 1 rings (SSSR count). The predicted octanol–water partition coefficient (Wildman–Crippen LogP) is 0.345. The van der Waals surface area contributed by atoms with Crippen LogP contribution in [0.2, 0.25) is 5.15 Å². The average molecular weight is 266 g/mol. The number of anilines is 1. The summed E-state index contributed by atoms with van der Waals surface area (Å²) in [7, 11) is -4.06. The zero-order valence-electron chi connectivity index (χ0n) is 8.08. The van der Waals surface area contributed by atoms with E-state index in [9.17, 15) is 13.2 Å². The number of rotatable bonds is 4. The Morgan fingerprint density at radius 1 is 1.62 bits per heavy atom. The van der Waals surface area contributed by atoms with Crippen molar-refractivity contribution in [3.8, 4) is 0 Å². The second kappa shape index (κ2) is 4.62.